The third-order valence-electron chi connectivity index (χ3n) is 3.87. The number of hydrogen-bond acceptors (Lipinski definition) is 1. The lowest BCUT2D eigenvalue weighted by molar-refractivity contribution is -0.155. The zero-order valence-corrected chi connectivity index (χ0v) is 8.37. The summed E-state index contributed by atoms with van der Waals surface area (Å²) >= 11 is 0. The molecule has 0 spiro atoms. The molecular formula is C9H16F3N. The molecule has 13 heavy (non-hydrogen) atoms. The van der Waals surface area contributed by atoms with Gasteiger partial charge in [-0.05, 0) is 16.7 Å². The van der Waals surface area contributed by atoms with Crippen LogP contribution in [-0.2, 0) is 0 Å². The van der Waals surface area contributed by atoms with Crippen LogP contribution < -0.4 is 5.73 Å². The van der Waals surface area contributed by atoms with Gasteiger partial charge < -0.3 is 5.73 Å². The first-order chi connectivity index (χ1) is 5.53. The van der Waals surface area contributed by atoms with Crippen LogP contribution in [0.4, 0.5) is 13.2 Å². The first-order valence-corrected chi connectivity index (χ1v) is 4.35. The van der Waals surface area contributed by atoms with Crippen LogP contribution in [0.5, 0.6) is 0 Å². The van der Waals surface area contributed by atoms with Gasteiger partial charge in [0.1, 0.15) is 6.04 Å². The van der Waals surface area contributed by atoms with E-state index in [0.29, 0.717) is 0 Å². The second kappa shape index (κ2) is 2.41. The van der Waals surface area contributed by atoms with Crippen LogP contribution in [0.25, 0.3) is 0 Å². The van der Waals surface area contributed by atoms with E-state index in [2.05, 4.69) is 0 Å². The van der Waals surface area contributed by atoms with Crippen molar-refractivity contribution < 1.29 is 13.2 Å². The fourth-order valence-corrected chi connectivity index (χ4v) is 2.33. The molecule has 0 bridgehead atoms. The van der Waals surface area contributed by atoms with Gasteiger partial charge in [-0.2, -0.15) is 13.2 Å². The molecule has 1 atom stereocenters. The largest absolute Gasteiger partial charge is 0.403 e. The summed E-state index contributed by atoms with van der Waals surface area (Å²) in [7, 11) is 0. The first kappa shape index (κ1) is 10.8. The average Bonchev–Trinajstić information content (AvgIpc) is 2.21. The van der Waals surface area contributed by atoms with E-state index >= 15 is 0 Å². The Kier molecular flexibility index (Phi) is 2.01. The molecule has 0 amide bonds. The third-order valence-corrected chi connectivity index (χ3v) is 3.87. The van der Waals surface area contributed by atoms with E-state index in [-0.39, 0.29) is 10.8 Å². The maximum Gasteiger partial charge on any atom is 0.403 e. The molecule has 1 fully saturated rings. The van der Waals surface area contributed by atoms with E-state index < -0.39 is 18.1 Å². The second-order valence-electron chi connectivity index (χ2n) is 4.99. The lowest BCUT2D eigenvalue weighted by atomic mass is 10.0. The van der Waals surface area contributed by atoms with Gasteiger partial charge in [-0.25, -0.2) is 0 Å². The molecule has 1 unspecified atom stereocenters. The fourth-order valence-electron chi connectivity index (χ4n) is 2.33. The summed E-state index contributed by atoms with van der Waals surface area (Å²) in [5.74, 6) is -0.458. The molecule has 1 aliphatic rings. The van der Waals surface area contributed by atoms with Gasteiger partial charge in [0.25, 0.3) is 0 Å². The Hall–Kier alpha value is -0.250. The zero-order chi connectivity index (χ0) is 10.7. The standard InChI is InChI=1S/C9H16F3N/c1-7(2)5(8(7,3)4)6(13)9(10,11)12/h5-6H,13H2,1-4H3. The van der Waals surface area contributed by atoms with Gasteiger partial charge in [0.15, 0.2) is 0 Å². The quantitative estimate of drug-likeness (QED) is 0.683. The SMILES string of the molecule is CC1(C)C(C(N)C(F)(F)F)C1(C)C. The Bertz CT molecular complexity index is 203. The predicted octanol–water partition coefficient (Wildman–Crippen LogP) is 2.56. The third kappa shape index (κ3) is 1.35. The minimum Gasteiger partial charge on any atom is -0.320 e. The number of halogens is 3. The van der Waals surface area contributed by atoms with Gasteiger partial charge in [-0.3, -0.25) is 0 Å². The van der Waals surface area contributed by atoms with Crippen LogP contribution in [0, 0.1) is 16.7 Å². The Morgan fingerprint density at radius 3 is 1.46 bits per heavy atom. The van der Waals surface area contributed by atoms with Crippen molar-refractivity contribution in [2.75, 3.05) is 0 Å². The monoisotopic (exact) mass is 195 g/mol. The van der Waals surface area contributed by atoms with Crippen molar-refractivity contribution in [1.29, 1.82) is 0 Å². The molecule has 1 nitrogen and oxygen atoms in total. The van der Waals surface area contributed by atoms with Gasteiger partial charge in [0.2, 0.25) is 0 Å². The van der Waals surface area contributed by atoms with Gasteiger partial charge in [0, 0.05) is 0 Å². The predicted molar refractivity (Wildman–Crippen MR) is 45.1 cm³/mol. The molecule has 1 aliphatic carbocycles. The van der Waals surface area contributed by atoms with E-state index in [1.165, 1.54) is 0 Å². The molecule has 0 aromatic carbocycles. The lowest BCUT2D eigenvalue weighted by Crippen LogP contribution is -2.41. The molecule has 0 aliphatic heterocycles. The fraction of sp³-hybridized carbons (Fsp3) is 1.00. The molecule has 0 aromatic heterocycles. The van der Waals surface area contributed by atoms with Crippen LogP contribution in [0.1, 0.15) is 27.7 Å². The molecule has 0 radical (unpaired) electrons. The Morgan fingerprint density at radius 2 is 1.38 bits per heavy atom. The van der Waals surface area contributed by atoms with Gasteiger partial charge >= 0.3 is 6.18 Å². The molecule has 78 valence electrons. The van der Waals surface area contributed by atoms with Crippen LogP contribution in [0.3, 0.4) is 0 Å². The summed E-state index contributed by atoms with van der Waals surface area (Å²) in [6, 6.07) is -1.68. The number of alkyl halides is 3. The second-order valence-corrected chi connectivity index (χ2v) is 4.99. The van der Waals surface area contributed by atoms with Gasteiger partial charge in [-0.1, -0.05) is 27.7 Å². The van der Waals surface area contributed by atoms with E-state index in [9.17, 15) is 13.2 Å². The van der Waals surface area contributed by atoms with E-state index in [1.807, 2.05) is 27.7 Å². The molecule has 1 saturated carbocycles. The van der Waals surface area contributed by atoms with Gasteiger partial charge in [-0.15, -0.1) is 0 Å². The molecule has 0 heterocycles. The molecule has 0 saturated heterocycles. The summed E-state index contributed by atoms with van der Waals surface area (Å²) in [5, 5.41) is 0. The number of hydrogen-bond donors (Lipinski definition) is 1. The highest BCUT2D eigenvalue weighted by Crippen LogP contribution is 2.70. The summed E-state index contributed by atoms with van der Waals surface area (Å²) in [4.78, 5) is 0. The number of rotatable bonds is 1. The van der Waals surface area contributed by atoms with E-state index in [4.69, 9.17) is 5.73 Å². The highest BCUT2D eigenvalue weighted by Gasteiger charge is 2.70. The van der Waals surface area contributed by atoms with Crippen molar-refractivity contribution in [2.24, 2.45) is 22.5 Å². The van der Waals surface area contributed by atoms with Gasteiger partial charge in [0.05, 0.1) is 0 Å². The highest BCUT2D eigenvalue weighted by molar-refractivity contribution is 5.16. The number of nitrogens with two attached hydrogens (primary N) is 1. The van der Waals surface area contributed by atoms with E-state index in [0.717, 1.165) is 0 Å². The average molecular weight is 195 g/mol. The van der Waals surface area contributed by atoms with Crippen molar-refractivity contribution in [2.45, 2.75) is 39.9 Å². The molecule has 4 heteroatoms. The summed E-state index contributed by atoms with van der Waals surface area (Å²) in [6.45, 7) is 7.35. The Morgan fingerprint density at radius 1 is 1.08 bits per heavy atom. The van der Waals surface area contributed by atoms with Crippen molar-refractivity contribution in [1.82, 2.24) is 0 Å². The van der Waals surface area contributed by atoms with Crippen molar-refractivity contribution in [3.63, 3.8) is 0 Å². The lowest BCUT2D eigenvalue weighted by Gasteiger charge is -2.17. The highest BCUT2D eigenvalue weighted by atomic mass is 19.4. The topological polar surface area (TPSA) is 26.0 Å². The summed E-state index contributed by atoms with van der Waals surface area (Å²) < 4.78 is 36.9. The van der Waals surface area contributed by atoms with Crippen LogP contribution in [0.15, 0.2) is 0 Å². The van der Waals surface area contributed by atoms with Crippen LogP contribution in [-0.4, -0.2) is 12.2 Å². The van der Waals surface area contributed by atoms with Crippen molar-refractivity contribution in [3.05, 3.63) is 0 Å². The molecule has 0 aromatic rings. The van der Waals surface area contributed by atoms with Crippen LogP contribution >= 0.6 is 0 Å². The Balaban J connectivity index is 2.80. The molecule has 1 rings (SSSR count). The van der Waals surface area contributed by atoms with E-state index in [1.54, 1.807) is 0 Å². The first-order valence-electron chi connectivity index (χ1n) is 4.35. The maximum atomic E-state index is 12.3. The Labute approximate surface area is 76.5 Å². The minimum absolute atomic E-state index is 0.304. The van der Waals surface area contributed by atoms with Crippen LogP contribution in [0.2, 0.25) is 0 Å². The zero-order valence-electron chi connectivity index (χ0n) is 8.37. The summed E-state index contributed by atoms with van der Waals surface area (Å²) in [6.07, 6.45) is -4.27. The smallest absolute Gasteiger partial charge is 0.320 e. The minimum atomic E-state index is -4.27. The molecule has 2 N–H and O–H groups in total. The van der Waals surface area contributed by atoms with Crippen molar-refractivity contribution in [3.8, 4) is 0 Å². The summed E-state index contributed by atoms with van der Waals surface area (Å²) in [5.41, 5.74) is 4.58. The van der Waals surface area contributed by atoms with Crippen molar-refractivity contribution >= 4 is 0 Å². The maximum absolute atomic E-state index is 12.3. The molecular weight excluding hydrogens is 179 g/mol. The normalized spacial score (nSPS) is 28.6.